The zero-order valence-electron chi connectivity index (χ0n) is 17.0. The first-order chi connectivity index (χ1) is 13.6. The fourth-order valence-corrected chi connectivity index (χ4v) is 3.97. The lowest BCUT2D eigenvalue weighted by Gasteiger charge is -2.18. The summed E-state index contributed by atoms with van der Waals surface area (Å²) >= 11 is 4.59. The fraction of sp³-hybridized carbons (Fsp3) is 0.364. The van der Waals surface area contributed by atoms with Crippen LogP contribution in [-0.4, -0.2) is 17.1 Å². The number of amides is 2. The smallest absolute Gasteiger partial charge is 0.237 e. The van der Waals surface area contributed by atoms with Crippen LogP contribution in [0.5, 0.6) is 0 Å². The zero-order valence-corrected chi connectivity index (χ0v) is 19.4. The van der Waals surface area contributed by atoms with Crippen molar-refractivity contribution >= 4 is 50.9 Å². The van der Waals surface area contributed by atoms with Crippen molar-refractivity contribution in [3.05, 3.63) is 52.8 Å². The van der Waals surface area contributed by atoms with Crippen LogP contribution < -0.4 is 10.6 Å². The van der Waals surface area contributed by atoms with Gasteiger partial charge in [0.2, 0.25) is 11.8 Å². The van der Waals surface area contributed by atoms with E-state index in [1.54, 1.807) is 6.07 Å². The highest BCUT2D eigenvalue weighted by atomic mass is 79.9. The molecule has 0 bridgehead atoms. The Hall–Kier alpha value is -1.86. The molecule has 0 saturated carbocycles. The lowest BCUT2D eigenvalue weighted by Crippen LogP contribution is -2.25. The zero-order chi connectivity index (χ0) is 21.6. The number of hydrogen-bond acceptors (Lipinski definition) is 3. The summed E-state index contributed by atoms with van der Waals surface area (Å²) in [5.74, 6) is -0.799. The molecule has 2 amide bonds. The third kappa shape index (κ3) is 7.82. The highest BCUT2D eigenvalue weighted by Gasteiger charge is 2.20. The molecule has 7 heteroatoms. The van der Waals surface area contributed by atoms with E-state index in [1.165, 1.54) is 23.9 Å². The van der Waals surface area contributed by atoms with Gasteiger partial charge in [-0.25, -0.2) is 4.39 Å². The molecular weight excluding hydrogens is 455 g/mol. The van der Waals surface area contributed by atoms with Crippen molar-refractivity contribution < 1.29 is 14.0 Å². The second-order valence-corrected chi connectivity index (χ2v) is 10.1. The lowest BCUT2D eigenvalue weighted by molar-refractivity contribution is -0.118. The average molecular weight is 481 g/mol. The monoisotopic (exact) mass is 480 g/mol. The van der Waals surface area contributed by atoms with Gasteiger partial charge in [-0.1, -0.05) is 49.7 Å². The molecule has 0 aliphatic heterocycles. The van der Waals surface area contributed by atoms with E-state index < -0.39 is 11.1 Å². The molecule has 4 nitrogen and oxygen atoms in total. The van der Waals surface area contributed by atoms with Crippen LogP contribution in [0.25, 0.3) is 0 Å². The molecule has 29 heavy (non-hydrogen) atoms. The van der Waals surface area contributed by atoms with Crippen molar-refractivity contribution in [3.63, 3.8) is 0 Å². The number of carbonyl (C=O) groups excluding carboxylic acids is 2. The number of nitrogens with one attached hydrogen (secondary N) is 2. The SMILES string of the molecule is CCC(Sc1cccc(NC(=O)CC(C)(C)C)c1)C(=O)Nc1ccc(Br)cc1F. The van der Waals surface area contributed by atoms with Crippen LogP contribution in [0.3, 0.4) is 0 Å². The van der Waals surface area contributed by atoms with Crippen molar-refractivity contribution in [1.82, 2.24) is 0 Å². The maximum Gasteiger partial charge on any atom is 0.237 e. The first kappa shape index (κ1) is 23.4. The van der Waals surface area contributed by atoms with Gasteiger partial charge in [-0.2, -0.15) is 0 Å². The van der Waals surface area contributed by atoms with Crippen LogP contribution >= 0.6 is 27.7 Å². The van der Waals surface area contributed by atoms with Crippen molar-refractivity contribution in [2.75, 3.05) is 10.6 Å². The largest absolute Gasteiger partial charge is 0.326 e. The number of thioether (sulfide) groups is 1. The maximum atomic E-state index is 14.0. The van der Waals surface area contributed by atoms with Crippen molar-refractivity contribution in [2.24, 2.45) is 5.41 Å². The van der Waals surface area contributed by atoms with Crippen molar-refractivity contribution in [1.29, 1.82) is 0 Å². The molecule has 2 aromatic rings. The van der Waals surface area contributed by atoms with Gasteiger partial charge in [-0.05, 0) is 48.2 Å². The Labute approximate surface area is 184 Å². The summed E-state index contributed by atoms with van der Waals surface area (Å²) < 4.78 is 14.6. The van der Waals surface area contributed by atoms with Crippen molar-refractivity contribution in [2.45, 2.75) is 50.7 Å². The number of hydrogen-bond donors (Lipinski definition) is 2. The van der Waals surface area contributed by atoms with E-state index in [1.807, 2.05) is 52.0 Å². The lowest BCUT2D eigenvalue weighted by atomic mass is 9.92. The summed E-state index contributed by atoms with van der Waals surface area (Å²) in [6.45, 7) is 7.94. The Morgan fingerprint density at radius 3 is 2.48 bits per heavy atom. The summed E-state index contributed by atoms with van der Waals surface area (Å²) in [4.78, 5) is 25.6. The fourth-order valence-electron chi connectivity index (χ4n) is 2.62. The second kappa shape index (κ2) is 10.3. The number of benzene rings is 2. The minimum atomic E-state index is -0.490. The summed E-state index contributed by atoms with van der Waals surface area (Å²) in [5.41, 5.74) is 0.753. The van der Waals surface area contributed by atoms with E-state index in [-0.39, 0.29) is 22.9 Å². The minimum Gasteiger partial charge on any atom is -0.326 e. The first-order valence-corrected chi connectivity index (χ1v) is 11.1. The van der Waals surface area contributed by atoms with Crippen LogP contribution in [0.4, 0.5) is 15.8 Å². The predicted molar refractivity (Wildman–Crippen MR) is 122 cm³/mol. The molecule has 0 aliphatic carbocycles. The summed E-state index contributed by atoms with van der Waals surface area (Å²) in [6, 6.07) is 11.9. The van der Waals surface area contributed by atoms with Gasteiger partial charge in [0.05, 0.1) is 10.9 Å². The predicted octanol–water partition coefficient (Wildman–Crippen LogP) is 6.47. The first-order valence-electron chi connectivity index (χ1n) is 9.40. The van der Waals surface area contributed by atoms with E-state index in [2.05, 4.69) is 26.6 Å². The van der Waals surface area contributed by atoms with Crippen LogP contribution in [-0.2, 0) is 9.59 Å². The molecular formula is C22H26BrFN2O2S. The van der Waals surface area contributed by atoms with Gasteiger partial charge in [-0.3, -0.25) is 9.59 Å². The number of rotatable bonds is 7. The molecule has 2 rings (SSSR count). The highest BCUT2D eigenvalue weighted by molar-refractivity contribution is 9.10. The third-order valence-corrected chi connectivity index (χ3v) is 5.79. The van der Waals surface area contributed by atoms with Crippen LogP contribution in [0, 0.1) is 11.2 Å². The van der Waals surface area contributed by atoms with E-state index in [4.69, 9.17) is 0 Å². The van der Waals surface area contributed by atoms with Crippen LogP contribution in [0.15, 0.2) is 51.8 Å². The molecule has 0 fully saturated rings. The van der Waals surface area contributed by atoms with Gasteiger partial charge in [-0.15, -0.1) is 11.8 Å². The van der Waals surface area contributed by atoms with Crippen LogP contribution in [0.2, 0.25) is 0 Å². The Kier molecular flexibility index (Phi) is 8.28. The highest BCUT2D eigenvalue weighted by Crippen LogP contribution is 2.29. The number of anilines is 2. The van der Waals surface area contributed by atoms with Crippen molar-refractivity contribution in [3.8, 4) is 0 Å². The van der Waals surface area contributed by atoms with E-state index in [9.17, 15) is 14.0 Å². The van der Waals surface area contributed by atoms with Gasteiger partial charge in [0, 0.05) is 21.5 Å². The molecule has 0 spiro atoms. The Morgan fingerprint density at radius 2 is 1.86 bits per heavy atom. The molecule has 156 valence electrons. The van der Waals surface area contributed by atoms with E-state index in [0.29, 0.717) is 23.0 Å². The number of carbonyl (C=O) groups is 2. The standard InChI is InChI=1S/C22H26BrFN2O2S/c1-5-19(21(28)26-18-10-9-14(23)11-17(18)24)29-16-8-6-7-15(12-16)25-20(27)13-22(2,3)4/h6-12,19H,5,13H2,1-4H3,(H,25,27)(H,26,28). The molecule has 2 N–H and O–H groups in total. The molecule has 0 saturated heterocycles. The molecule has 0 aromatic heterocycles. The number of halogens is 2. The Balaban J connectivity index is 2.04. The average Bonchev–Trinajstić information content (AvgIpc) is 2.60. The second-order valence-electron chi connectivity index (χ2n) is 7.94. The van der Waals surface area contributed by atoms with Gasteiger partial charge < -0.3 is 10.6 Å². The summed E-state index contributed by atoms with van der Waals surface area (Å²) in [7, 11) is 0. The Bertz CT molecular complexity index is 883. The minimum absolute atomic E-state index is 0.0462. The normalized spacial score (nSPS) is 12.3. The maximum absolute atomic E-state index is 14.0. The topological polar surface area (TPSA) is 58.2 Å². The summed E-state index contributed by atoms with van der Waals surface area (Å²) in [6.07, 6.45) is 0.998. The van der Waals surface area contributed by atoms with Gasteiger partial charge in [0.15, 0.2) is 0 Å². The van der Waals surface area contributed by atoms with Gasteiger partial charge in [0.1, 0.15) is 5.82 Å². The third-order valence-electron chi connectivity index (χ3n) is 3.94. The molecule has 0 aliphatic rings. The van der Waals surface area contributed by atoms with Gasteiger partial charge >= 0.3 is 0 Å². The molecule has 1 atom stereocenters. The molecule has 0 heterocycles. The van der Waals surface area contributed by atoms with Crippen LogP contribution in [0.1, 0.15) is 40.5 Å². The molecule has 0 radical (unpaired) electrons. The molecule has 2 aromatic carbocycles. The quantitative estimate of drug-likeness (QED) is 0.446. The Morgan fingerprint density at radius 1 is 1.14 bits per heavy atom. The van der Waals surface area contributed by atoms with E-state index in [0.717, 1.165) is 4.90 Å². The summed E-state index contributed by atoms with van der Waals surface area (Å²) in [5, 5.41) is 5.17. The molecule has 1 unspecified atom stereocenters. The van der Waals surface area contributed by atoms with E-state index >= 15 is 0 Å². The van der Waals surface area contributed by atoms with Gasteiger partial charge in [0.25, 0.3) is 0 Å².